The molecule has 1 aromatic carbocycles. The predicted octanol–water partition coefficient (Wildman–Crippen LogP) is 1.67. The zero-order valence-corrected chi connectivity index (χ0v) is 12.6. The minimum absolute atomic E-state index is 0.128. The van der Waals surface area contributed by atoms with Gasteiger partial charge < -0.3 is 21.3 Å². The molecule has 2 rings (SSSR count). The van der Waals surface area contributed by atoms with Gasteiger partial charge in [0, 0.05) is 26.1 Å². The summed E-state index contributed by atoms with van der Waals surface area (Å²) in [6, 6.07) is 7.64. The topological polar surface area (TPSA) is 70.4 Å². The lowest BCUT2D eigenvalue weighted by Crippen LogP contribution is -2.35. The quantitative estimate of drug-likeness (QED) is 0.528. The maximum atomic E-state index is 11.8. The number of anilines is 2. The van der Waals surface area contributed by atoms with Crippen molar-refractivity contribution in [3.8, 4) is 0 Å². The largest absolute Gasteiger partial charge is 0.397 e. The zero-order valence-electron chi connectivity index (χ0n) is 12.6. The second-order valence-corrected chi connectivity index (χ2v) is 5.52. The molecule has 1 saturated heterocycles. The van der Waals surface area contributed by atoms with Crippen LogP contribution in [0.1, 0.15) is 25.7 Å². The molecule has 0 aliphatic carbocycles. The van der Waals surface area contributed by atoms with Gasteiger partial charge in [-0.25, -0.2) is 0 Å². The standard InChI is InChI=1S/C16H26N4O/c17-14-6-2-3-7-15(14)18-9-10-19-16(21)8-13-20-11-4-1-5-12-20/h2-3,6-7,18H,1,4-5,8-13,17H2,(H,19,21). The number of nitrogens with zero attached hydrogens (tertiary/aromatic N) is 1. The average molecular weight is 290 g/mol. The third kappa shape index (κ3) is 5.63. The highest BCUT2D eigenvalue weighted by Crippen LogP contribution is 2.15. The van der Waals surface area contributed by atoms with Crippen LogP contribution in [0.3, 0.4) is 0 Å². The van der Waals surface area contributed by atoms with Crippen LogP contribution in [0.4, 0.5) is 11.4 Å². The molecule has 0 bridgehead atoms. The Labute approximate surface area is 126 Å². The molecule has 1 aromatic rings. The number of carbonyl (C=O) groups excluding carboxylic acids is 1. The minimum Gasteiger partial charge on any atom is -0.397 e. The number of rotatable bonds is 7. The monoisotopic (exact) mass is 290 g/mol. The molecule has 1 aliphatic rings. The molecule has 4 N–H and O–H groups in total. The van der Waals surface area contributed by atoms with Crippen LogP contribution in [0, 0.1) is 0 Å². The molecule has 116 valence electrons. The first kappa shape index (κ1) is 15.6. The van der Waals surface area contributed by atoms with Crippen LogP contribution in [0.15, 0.2) is 24.3 Å². The van der Waals surface area contributed by atoms with Crippen molar-refractivity contribution in [3.05, 3.63) is 24.3 Å². The maximum absolute atomic E-state index is 11.8. The van der Waals surface area contributed by atoms with Crippen LogP contribution in [-0.2, 0) is 4.79 Å². The van der Waals surface area contributed by atoms with Crippen LogP contribution in [0.2, 0.25) is 0 Å². The molecule has 1 heterocycles. The highest BCUT2D eigenvalue weighted by molar-refractivity contribution is 5.76. The van der Waals surface area contributed by atoms with E-state index in [1.807, 2.05) is 24.3 Å². The van der Waals surface area contributed by atoms with Crippen molar-refractivity contribution in [2.24, 2.45) is 0 Å². The van der Waals surface area contributed by atoms with E-state index in [4.69, 9.17) is 5.73 Å². The maximum Gasteiger partial charge on any atom is 0.221 e. The molecule has 0 unspecified atom stereocenters. The predicted molar refractivity (Wildman–Crippen MR) is 87.3 cm³/mol. The van der Waals surface area contributed by atoms with Gasteiger partial charge in [0.2, 0.25) is 5.91 Å². The summed E-state index contributed by atoms with van der Waals surface area (Å²) in [7, 11) is 0. The van der Waals surface area contributed by atoms with Crippen LogP contribution < -0.4 is 16.4 Å². The lowest BCUT2D eigenvalue weighted by molar-refractivity contribution is -0.121. The first-order chi connectivity index (χ1) is 10.3. The number of nitrogens with two attached hydrogens (primary N) is 1. The molecule has 5 heteroatoms. The normalized spacial score (nSPS) is 15.6. The van der Waals surface area contributed by atoms with Gasteiger partial charge in [0.1, 0.15) is 0 Å². The number of nitrogen functional groups attached to an aromatic ring is 1. The van der Waals surface area contributed by atoms with Gasteiger partial charge >= 0.3 is 0 Å². The highest BCUT2D eigenvalue weighted by atomic mass is 16.1. The Hall–Kier alpha value is -1.75. The molecule has 0 spiro atoms. The van der Waals surface area contributed by atoms with E-state index >= 15 is 0 Å². The van der Waals surface area contributed by atoms with Crippen molar-refractivity contribution in [2.45, 2.75) is 25.7 Å². The van der Waals surface area contributed by atoms with E-state index in [1.54, 1.807) is 0 Å². The van der Waals surface area contributed by atoms with E-state index < -0.39 is 0 Å². The number of hydrogen-bond donors (Lipinski definition) is 3. The molecular formula is C16H26N4O. The number of piperidine rings is 1. The summed E-state index contributed by atoms with van der Waals surface area (Å²) in [6.07, 6.45) is 4.46. The Morgan fingerprint density at radius 3 is 2.67 bits per heavy atom. The van der Waals surface area contributed by atoms with Gasteiger partial charge in [-0.3, -0.25) is 4.79 Å². The van der Waals surface area contributed by atoms with Crippen molar-refractivity contribution in [3.63, 3.8) is 0 Å². The molecule has 0 saturated carbocycles. The molecule has 1 amide bonds. The van der Waals surface area contributed by atoms with Crippen molar-refractivity contribution >= 4 is 17.3 Å². The fourth-order valence-electron chi connectivity index (χ4n) is 2.59. The van der Waals surface area contributed by atoms with Gasteiger partial charge in [0.05, 0.1) is 11.4 Å². The summed E-state index contributed by atoms with van der Waals surface area (Å²) in [5.74, 6) is 0.128. The van der Waals surface area contributed by atoms with Gasteiger partial charge in [-0.2, -0.15) is 0 Å². The minimum atomic E-state index is 0.128. The number of amides is 1. The summed E-state index contributed by atoms with van der Waals surface area (Å²) >= 11 is 0. The fraction of sp³-hybridized carbons (Fsp3) is 0.562. The van der Waals surface area contributed by atoms with E-state index in [0.717, 1.165) is 31.0 Å². The van der Waals surface area contributed by atoms with E-state index in [1.165, 1.54) is 19.3 Å². The first-order valence-corrected chi connectivity index (χ1v) is 7.83. The number of nitrogens with one attached hydrogen (secondary N) is 2. The van der Waals surface area contributed by atoms with Gasteiger partial charge in [0.25, 0.3) is 0 Å². The molecule has 0 radical (unpaired) electrons. The third-order valence-electron chi connectivity index (χ3n) is 3.83. The van der Waals surface area contributed by atoms with Crippen molar-refractivity contribution in [2.75, 3.05) is 43.8 Å². The number of para-hydroxylation sites is 2. The van der Waals surface area contributed by atoms with Gasteiger partial charge in [-0.05, 0) is 38.1 Å². The molecule has 1 aliphatic heterocycles. The molecular weight excluding hydrogens is 264 g/mol. The van der Waals surface area contributed by atoms with E-state index in [0.29, 0.717) is 19.5 Å². The molecule has 21 heavy (non-hydrogen) atoms. The van der Waals surface area contributed by atoms with Crippen LogP contribution in [0.25, 0.3) is 0 Å². The average Bonchev–Trinajstić information content (AvgIpc) is 2.52. The van der Waals surface area contributed by atoms with Crippen LogP contribution >= 0.6 is 0 Å². The Balaban J connectivity index is 1.56. The van der Waals surface area contributed by atoms with Crippen LogP contribution in [0.5, 0.6) is 0 Å². The van der Waals surface area contributed by atoms with Gasteiger partial charge in [-0.15, -0.1) is 0 Å². The van der Waals surface area contributed by atoms with Gasteiger partial charge in [0.15, 0.2) is 0 Å². The second-order valence-electron chi connectivity index (χ2n) is 5.52. The Bertz CT molecular complexity index is 444. The summed E-state index contributed by atoms with van der Waals surface area (Å²) < 4.78 is 0. The van der Waals surface area contributed by atoms with Gasteiger partial charge in [-0.1, -0.05) is 18.6 Å². The highest BCUT2D eigenvalue weighted by Gasteiger charge is 2.11. The van der Waals surface area contributed by atoms with Crippen LogP contribution in [-0.4, -0.2) is 43.5 Å². The second kappa shape index (κ2) is 8.52. The van der Waals surface area contributed by atoms with Crippen molar-refractivity contribution in [1.82, 2.24) is 10.2 Å². The van der Waals surface area contributed by atoms with E-state index in [2.05, 4.69) is 15.5 Å². The summed E-state index contributed by atoms with van der Waals surface area (Å²) in [4.78, 5) is 14.2. The van der Waals surface area contributed by atoms with E-state index in [9.17, 15) is 4.79 Å². The summed E-state index contributed by atoms with van der Waals surface area (Å²) in [6.45, 7) is 4.46. The lowest BCUT2D eigenvalue weighted by Gasteiger charge is -2.25. The molecule has 0 atom stereocenters. The van der Waals surface area contributed by atoms with Crippen molar-refractivity contribution in [1.29, 1.82) is 0 Å². The number of hydrogen-bond acceptors (Lipinski definition) is 4. The molecule has 5 nitrogen and oxygen atoms in total. The Kier molecular flexibility index (Phi) is 6.34. The summed E-state index contributed by atoms with van der Waals surface area (Å²) in [5.41, 5.74) is 7.48. The number of benzene rings is 1. The Morgan fingerprint density at radius 1 is 1.14 bits per heavy atom. The third-order valence-corrected chi connectivity index (χ3v) is 3.83. The Morgan fingerprint density at radius 2 is 1.90 bits per heavy atom. The molecule has 0 aromatic heterocycles. The lowest BCUT2D eigenvalue weighted by atomic mass is 10.1. The number of likely N-dealkylation sites (tertiary alicyclic amines) is 1. The zero-order chi connectivity index (χ0) is 14.9. The number of carbonyl (C=O) groups is 1. The summed E-state index contributed by atoms with van der Waals surface area (Å²) in [5, 5.41) is 6.17. The van der Waals surface area contributed by atoms with E-state index in [-0.39, 0.29) is 5.91 Å². The molecule has 1 fully saturated rings. The SMILES string of the molecule is Nc1ccccc1NCCNC(=O)CCN1CCCCC1. The smallest absolute Gasteiger partial charge is 0.221 e. The first-order valence-electron chi connectivity index (χ1n) is 7.83. The fourth-order valence-corrected chi connectivity index (χ4v) is 2.59. The van der Waals surface area contributed by atoms with Crippen molar-refractivity contribution < 1.29 is 4.79 Å².